The smallest absolute Gasteiger partial charge is 0.302 e. The lowest BCUT2D eigenvalue weighted by molar-refractivity contribution is -0.205. The van der Waals surface area contributed by atoms with Crippen molar-refractivity contribution in [1.29, 1.82) is 0 Å². The van der Waals surface area contributed by atoms with Crippen molar-refractivity contribution < 1.29 is 24.5 Å². The van der Waals surface area contributed by atoms with E-state index in [0.29, 0.717) is 0 Å². The van der Waals surface area contributed by atoms with Crippen LogP contribution in [-0.4, -0.2) is 47.2 Å². The van der Waals surface area contributed by atoms with Crippen LogP contribution in [-0.2, 0) is 14.3 Å². The number of carbonyl (C=O) groups excluding carboxylic acids is 1. The van der Waals surface area contributed by atoms with E-state index in [1.807, 2.05) is 6.92 Å². The molecule has 88 valence electrons. The van der Waals surface area contributed by atoms with Crippen molar-refractivity contribution in [3.63, 3.8) is 0 Å². The summed E-state index contributed by atoms with van der Waals surface area (Å²) in [4.78, 5) is 10.6. The van der Waals surface area contributed by atoms with Crippen LogP contribution in [0.1, 0.15) is 20.8 Å². The standard InChI is InChI=1S/C10H18O5/c1-5-6(2)15-8(4-14-7(3)11)10(13)9(5)12/h5-6,8-10,12-13H,4H2,1-3H3/t5?,6-,8?,9+,10-/m1/s1. The first-order valence-corrected chi connectivity index (χ1v) is 5.08. The zero-order valence-corrected chi connectivity index (χ0v) is 9.21. The van der Waals surface area contributed by atoms with E-state index in [4.69, 9.17) is 9.47 Å². The maximum atomic E-state index is 10.6. The number of ether oxygens (including phenoxy) is 2. The van der Waals surface area contributed by atoms with Gasteiger partial charge in [-0.3, -0.25) is 4.79 Å². The van der Waals surface area contributed by atoms with E-state index in [1.54, 1.807) is 6.92 Å². The van der Waals surface area contributed by atoms with Crippen molar-refractivity contribution in [3.8, 4) is 0 Å². The van der Waals surface area contributed by atoms with Gasteiger partial charge in [-0.25, -0.2) is 0 Å². The summed E-state index contributed by atoms with van der Waals surface area (Å²) in [6.45, 7) is 4.89. The van der Waals surface area contributed by atoms with Crippen molar-refractivity contribution in [3.05, 3.63) is 0 Å². The minimum atomic E-state index is -1.00. The molecule has 0 bridgehead atoms. The molecular weight excluding hydrogens is 200 g/mol. The minimum absolute atomic E-state index is 0.0232. The number of hydrogen-bond acceptors (Lipinski definition) is 5. The highest BCUT2D eigenvalue weighted by molar-refractivity contribution is 5.65. The maximum absolute atomic E-state index is 10.6. The molecule has 1 aliphatic heterocycles. The molecule has 0 spiro atoms. The number of hydrogen-bond donors (Lipinski definition) is 2. The van der Waals surface area contributed by atoms with Gasteiger partial charge >= 0.3 is 5.97 Å². The van der Waals surface area contributed by atoms with Gasteiger partial charge in [-0.2, -0.15) is 0 Å². The molecular formula is C10H18O5. The second-order valence-electron chi connectivity index (χ2n) is 4.02. The molecule has 15 heavy (non-hydrogen) atoms. The SMILES string of the molecule is CC(=O)OCC1O[C@H](C)C(C)[C@H](O)[C@@H]1O. The van der Waals surface area contributed by atoms with Crippen LogP contribution >= 0.6 is 0 Å². The molecule has 1 fully saturated rings. The van der Waals surface area contributed by atoms with Crippen LogP contribution in [0.2, 0.25) is 0 Å². The van der Waals surface area contributed by atoms with Crippen LogP contribution in [0, 0.1) is 5.92 Å². The van der Waals surface area contributed by atoms with Crippen molar-refractivity contribution in [2.45, 2.75) is 45.2 Å². The first kappa shape index (κ1) is 12.4. The molecule has 1 aliphatic rings. The zero-order valence-electron chi connectivity index (χ0n) is 9.21. The Morgan fingerprint density at radius 2 is 1.93 bits per heavy atom. The van der Waals surface area contributed by atoms with Crippen LogP contribution < -0.4 is 0 Å². The molecule has 0 aromatic rings. The molecule has 1 saturated heterocycles. The Balaban J connectivity index is 2.54. The fourth-order valence-electron chi connectivity index (χ4n) is 1.63. The van der Waals surface area contributed by atoms with Gasteiger partial charge in [0.2, 0.25) is 0 Å². The monoisotopic (exact) mass is 218 g/mol. The van der Waals surface area contributed by atoms with E-state index in [1.165, 1.54) is 6.92 Å². The highest BCUT2D eigenvalue weighted by atomic mass is 16.6. The highest BCUT2D eigenvalue weighted by Gasteiger charge is 2.40. The number of carbonyl (C=O) groups is 1. The lowest BCUT2D eigenvalue weighted by Gasteiger charge is -2.39. The molecule has 0 aliphatic carbocycles. The van der Waals surface area contributed by atoms with E-state index < -0.39 is 24.3 Å². The van der Waals surface area contributed by atoms with E-state index in [-0.39, 0.29) is 18.6 Å². The highest BCUT2D eigenvalue weighted by Crippen LogP contribution is 2.25. The van der Waals surface area contributed by atoms with Crippen LogP contribution in [0.5, 0.6) is 0 Å². The molecule has 0 saturated carbocycles. The van der Waals surface area contributed by atoms with E-state index in [9.17, 15) is 15.0 Å². The van der Waals surface area contributed by atoms with Crippen molar-refractivity contribution >= 4 is 5.97 Å². The van der Waals surface area contributed by atoms with Gasteiger partial charge in [0, 0.05) is 12.8 Å². The Hall–Kier alpha value is -0.650. The number of rotatable bonds is 2. The van der Waals surface area contributed by atoms with Crippen molar-refractivity contribution in [1.82, 2.24) is 0 Å². The van der Waals surface area contributed by atoms with Gasteiger partial charge in [-0.15, -0.1) is 0 Å². The summed E-state index contributed by atoms with van der Waals surface area (Å²) in [7, 11) is 0. The number of aliphatic hydroxyl groups excluding tert-OH is 2. The lowest BCUT2D eigenvalue weighted by atomic mass is 9.89. The molecule has 0 aromatic heterocycles. The summed E-state index contributed by atoms with van der Waals surface area (Å²) in [5.74, 6) is -0.555. The second kappa shape index (κ2) is 4.92. The second-order valence-corrected chi connectivity index (χ2v) is 4.02. The first-order chi connectivity index (χ1) is 6.93. The van der Waals surface area contributed by atoms with Gasteiger partial charge in [0.1, 0.15) is 18.8 Å². The van der Waals surface area contributed by atoms with E-state index in [0.717, 1.165) is 0 Å². The van der Waals surface area contributed by atoms with Crippen LogP contribution in [0.15, 0.2) is 0 Å². The van der Waals surface area contributed by atoms with Gasteiger partial charge in [-0.1, -0.05) is 6.92 Å². The molecule has 5 atom stereocenters. The zero-order chi connectivity index (χ0) is 11.6. The summed E-state index contributed by atoms with van der Waals surface area (Å²) in [5, 5.41) is 19.4. The fourth-order valence-corrected chi connectivity index (χ4v) is 1.63. The minimum Gasteiger partial charge on any atom is -0.463 e. The third-order valence-corrected chi connectivity index (χ3v) is 2.85. The third-order valence-electron chi connectivity index (χ3n) is 2.85. The number of aliphatic hydroxyl groups is 2. The van der Waals surface area contributed by atoms with Gasteiger partial charge in [0.05, 0.1) is 12.2 Å². The van der Waals surface area contributed by atoms with Gasteiger partial charge in [0.25, 0.3) is 0 Å². The Morgan fingerprint density at radius 3 is 2.47 bits per heavy atom. The maximum Gasteiger partial charge on any atom is 0.302 e. The number of esters is 1. The quantitative estimate of drug-likeness (QED) is 0.622. The van der Waals surface area contributed by atoms with Crippen molar-refractivity contribution in [2.24, 2.45) is 5.92 Å². The predicted octanol–water partition coefficient (Wildman–Crippen LogP) is -0.305. The van der Waals surface area contributed by atoms with Crippen LogP contribution in [0.4, 0.5) is 0 Å². The summed E-state index contributed by atoms with van der Waals surface area (Å²) in [5.41, 5.74) is 0. The Morgan fingerprint density at radius 1 is 1.33 bits per heavy atom. The fraction of sp³-hybridized carbons (Fsp3) is 0.900. The third kappa shape index (κ3) is 2.90. The molecule has 0 radical (unpaired) electrons. The average Bonchev–Trinajstić information content (AvgIpc) is 2.18. The molecule has 2 N–H and O–H groups in total. The van der Waals surface area contributed by atoms with Crippen LogP contribution in [0.3, 0.4) is 0 Å². The summed E-state index contributed by atoms with van der Waals surface area (Å²) in [6, 6.07) is 0. The van der Waals surface area contributed by atoms with Gasteiger partial charge in [-0.05, 0) is 6.92 Å². The van der Waals surface area contributed by atoms with E-state index >= 15 is 0 Å². The predicted molar refractivity (Wildman–Crippen MR) is 52.1 cm³/mol. The molecule has 5 heteroatoms. The Kier molecular flexibility index (Phi) is 4.07. The summed E-state index contributed by atoms with van der Waals surface area (Å²) >= 11 is 0. The summed E-state index contributed by atoms with van der Waals surface area (Å²) < 4.78 is 10.2. The molecule has 0 aromatic carbocycles. The van der Waals surface area contributed by atoms with Gasteiger partial charge < -0.3 is 19.7 Å². The summed E-state index contributed by atoms with van der Waals surface area (Å²) in [6.07, 6.45) is -2.65. The first-order valence-electron chi connectivity index (χ1n) is 5.08. The molecule has 1 rings (SSSR count). The molecule has 0 amide bonds. The normalized spacial score (nSPS) is 41.3. The molecule has 5 nitrogen and oxygen atoms in total. The molecule has 1 heterocycles. The Labute approximate surface area is 89.0 Å². The molecule has 2 unspecified atom stereocenters. The average molecular weight is 218 g/mol. The lowest BCUT2D eigenvalue weighted by Crippen LogP contribution is -2.54. The topological polar surface area (TPSA) is 76.0 Å². The Bertz CT molecular complexity index is 230. The van der Waals surface area contributed by atoms with Crippen molar-refractivity contribution in [2.75, 3.05) is 6.61 Å². The largest absolute Gasteiger partial charge is 0.463 e. The van der Waals surface area contributed by atoms with Gasteiger partial charge in [0.15, 0.2) is 0 Å². The van der Waals surface area contributed by atoms with E-state index in [2.05, 4.69) is 0 Å². The van der Waals surface area contributed by atoms with Crippen LogP contribution in [0.25, 0.3) is 0 Å².